The highest BCUT2D eigenvalue weighted by molar-refractivity contribution is 9.10. The minimum absolute atomic E-state index is 0.666. The number of ether oxygens (including phenoxy) is 1. The molecule has 2 unspecified atom stereocenters. The van der Waals surface area contributed by atoms with E-state index >= 15 is 0 Å². The Kier molecular flexibility index (Phi) is 4.38. The van der Waals surface area contributed by atoms with Crippen LogP contribution in [0.15, 0.2) is 28.7 Å². The lowest BCUT2D eigenvalue weighted by Gasteiger charge is -2.15. The predicted octanol–water partition coefficient (Wildman–Crippen LogP) is 2.67. The van der Waals surface area contributed by atoms with Crippen molar-refractivity contribution >= 4 is 33.9 Å². The molecule has 0 bridgehead atoms. The van der Waals surface area contributed by atoms with Gasteiger partial charge >= 0.3 is 0 Å². The molecule has 0 aliphatic heterocycles. The van der Waals surface area contributed by atoms with E-state index in [0.29, 0.717) is 6.40 Å². The maximum absolute atomic E-state index is 9.32. The Balaban J connectivity index is 2.73. The van der Waals surface area contributed by atoms with E-state index in [1.165, 1.54) is 0 Å². The standard InChI is InChI=1S/C9H9BrClNO2/c10-7-3-1-6(2-4-7)8(11)9(13)14-5-12/h1-5,8-9,12-13H. The van der Waals surface area contributed by atoms with Gasteiger partial charge in [0.05, 0.1) is 0 Å². The molecule has 0 aliphatic rings. The third-order valence-corrected chi connectivity index (χ3v) is 2.64. The highest BCUT2D eigenvalue weighted by atomic mass is 79.9. The van der Waals surface area contributed by atoms with Crippen LogP contribution >= 0.6 is 27.5 Å². The highest BCUT2D eigenvalue weighted by Gasteiger charge is 2.18. The molecule has 76 valence electrons. The van der Waals surface area contributed by atoms with Gasteiger partial charge in [0.1, 0.15) is 5.38 Å². The Hall–Kier alpha value is -0.580. The molecule has 1 rings (SSSR count). The monoisotopic (exact) mass is 277 g/mol. The van der Waals surface area contributed by atoms with Crippen molar-refractivity contribution < 1.29 is 9.84 Å². The minimum Gasteiger partial charge on any atom is -0.453 e. The van der Waals surface area contributed by atoms with E-state index < -0.39 is 11.7 Å². The van der Waals surface area contributed by atoms with Crippen LogP contribution in [-0.2, 0) is 4.74 Å². The molecule has 0 amide bonds. The van der Waals surface area contributed by atoms with Gasteiger partial charge in [0, 0.05) is 4.47 Å². The molecule has 0 heterocycles. The number of alkyl halides is 1. The maximum Gasteiger partial charge on any atom is 0.219 e. The first-order valence-corrected chi connectivity index (χ1v) is 5.10. The molecule has 0 saturated carbocycles. The summed E-state index contributed by atoms with van der Waals surface area (Å²) in [6, 6.07) is 7.19. The van der Waals surface area contributed by atoms with E-state index in [-0.39, 0.29) is 0 Å². The second kappa shape index (κ2) is 5.34. The van der Waals surface area contributed by atoms with Gasteiger partial charge in [-0.1, -0.05) is 28.1 Å². The van der Waals surface area contributed by atoms with E-state index in [2.05, 4.69) is 20.7 Å². The van der Waals surface area contributed by atoms with Crippen molar-refractivity contribution in [3.05, 3.63) is 34.3 Å². The fourth-order valence-electron chi connectivity index (χ4n) is 0.950. The third-order valence-electron chi connectivity index (χ3n) is 1.65. The highest BCUT2D eigenvalue weighted by Crippen LogP contribution is 2.25. The Morgan fingerprint density at radius 1 is 1.43 bits per heavy atom. The fraction of sp³-hybridized carbons (Fsp3) is 0.222. The molecule has 0 fully saturated rings. The zero-order valence-electron chi connectivity index (χ0n) is 7.15. The number of benzene rings is 1. The van der Waals surface area contributed by atoms with Crippen LogP contribution in [0.5, 0.6) is 0 Å². The number of nitrogens with one attached hydrogen (secondary N) is 1. The van der Waals surface area contributed by atoms with Crippen LogP contribution in [0.25, 0.3) is 0 Å². The lowest BCUT2D eigenvalue weighted by molar-refractivity contribution is -0.0255. The first-order valence-electron chi connectivity index (χ1n) is 3.87. The summed E-state index contributed by atoms with van der Waals surface area (Å²) in [5.41, 5.74) is 0.740. The molecule has 2 N–H and O–H groups in total. The summed E-state index contributed by atoms with van der Waals surface area (Å²) in [6.45, 7) is 0. The molecule has 0 saturated heterocycles. The van der Waals surface area contributed by atoms with Crippen LogP contribution in [0.3, 0.4) is 0 Å². The number of hydrogen-bond acceptors (Lipinski definition) is 3. The number of rotatable bonds is 4. The van der Waals surface area contributed by atoms with E-state index in [1.54, 1.807) is 12.1 Å². The molecule has 0 aromatic heterocycles. The average Bonchev–Trinajstić information content (AvgIpc) is 2.18. The topological polar surface area (TPSA) is 53.3 Å². The summed E-state index contributed by atoms with van der Waals surface area (Å²) in [4.78, 5) is 0. The molecular formula is C9H9BrClNO2. The largest absolute Gasteiger partial charge is 0.453 e. The number of aliphatic hydroxyl groups is 1. The molecule has 1 aromatic carbocycles. The van der Waals surface area contributed by atoms with Gasteiger partial charge in [-0.15, -0.1) is 11.6 Å². The van der Waals surface area contributed by atoms with Crippen molar-refractivity contribution in [3.63, 3.8) is 0 Å². The summed E-state index contributed by atoms with van der Waals surface area (Å²) >= 11 is 9.18. The van der Waals surface area contributed by atoms with Crippen LogP contribution in [0.4, 0.5) is 0 Å². The van der Waals surface area contributed by atoms with Gasteiger partial charge in [0.2, 0.25) is 6.29 Å². The molecule has 1 aromatic rings. The lowest BCUT2D eigenvalue weighted by atomic mass is 10.1. The normalized spacial score (nSPS) is 14.5. The quantitative estimate of drug-likeness (QED) is 0.385. The summed E-state index contributed by atoms with van der Waals surface area (Å²) < 4.78 is 5.48. The van der Waals surface area contributed by atoms with Crippen molar-refractivity contribution in [1.29, 1.82) is 5.41 Å². The first-order chi connectivity index (χ1) is 6.65. The molecule has 0 aliphatic carbocycles. The summed E-state index contributed by atoms with van der Waals surface area (Å²) in [5, 5.41) is 15.3. The average molecular weight is 279 g/mol. The Morgan fingerprint density at radius 2 is 2.00 bits per heavy atom. The SMILES string of the molecule is N=COC(O)C(Cl)c1ccc(Br)cc1. The van der Waals surface area contributed by atoms with Gasteiger partial charge in [0.15, 0.2) is 6.40 Å². The molecular weight excluding hydrogens is 269 g/mol. The number of aliphatic hydroxyl groups excluding tert-OH is 1. The van der Waals surface area contributed by atoms with E-state index in [4.69, 9.17) is 17.0 Å². The van der Waals surface area contributed by atoms with E-state index in [9.17, 15) is 5.11 Å². The Labute approximate surface area is 95.3 Å². The van der Waals surface area contributed by atoms with Crippen LogP contribution in [0, 0.1) is 5.41 Å². The van der Waals surface area contributed by atoms with Gasteiger partial charge in [-0.05, 0) is 17.7 Å². The van der Waals surface area contributed by atoms with E-state index in [1.807, 2.05) is 12.1 Å². The predicted molar refractivity (Wildman–Crippen MR) is 58.6 cm³/mol. The fourth-order valence-corrected chi connectivity index (χ4v) is 1.42. The smallest absolute Gasteiger partial charge is 0.219 e. The number of hydrogen-bond donors (Lipinski definition) is 2. The van der Waals surface area contributed by atoms with Crippen molar-refractivity contribution in [2.75, 3.05) is 0 Å². The maximum atomic E-state index is 9.32. The zero-order chi connectivity index (χ0) is 10.6. The van der Waals surface area contributed by atoms with Gasteiger partial charge in [0.25, 0.3) is 0 Å². The van der Waals surface area contributed by atoms with Gasteiger partial charge in [-0.2, -0.15) is 0 Å². The minimum atomic E-state index is -1.20. The van der Waals surface area contributed by atoms with Crippen LogP contribution < -0.4 is 0 Å². The molecule has 0 spiro atoms. The molecule has 0 radical (unpaired) electrons. The molecule has 3 nitrogen and oxygen atoms in total. The lowest BCUT2D eigenvalue weighted by Crippen LogP contribution is -2.17. The van der Waals surface area contributed by atoms with Gasteiger partial charge in [-0.25, -0.2) is 0 Å². The molecule has 14 heavy (non-hydrogen) atoms. The number of halogens is 2. The van der Waals surface area contributed by atoms with Crippen molar-refractivity contribution in [3.8, 4) is 0 Å². The van der Waals surface area contributed by atoms with E-state index in [0.717, 1.165) is 10.0 Å². The van der Waals surface area contributed by atoms with Crippen molar-refractivity contribution in [2.45, 2.75) is 11.7 Å². The Bertz CT molecular complexity index is 304. The molecule has 2 atom stereocenters. The van der Waals surface area contributed by atoms with Crippen LogP contribution in [0.2, 0.25) is 0 Å². The van der Waals surface area contributed by atoms with Crippen molar-refractivity contribution in [2.24, 2.45) is 0 Å². The summed E-state index contributed by atoms with van der Waals surface area (Å²) in [7, 11) is 0. The van der Waals surface area contributed by atoms with Crippen LogP contribution in [-0.4, -0.2) is 17.8 Å². The van der Waals surface area contributed by atoms with Gasteiger partial charge in [-0.3, -0.25) is 5.41 Å². The summed E-state index contributed by atoms with van der Waals surface area (Å²) in [5.74, 6) is 0. The second-order valence-electron chi connectivity index (χ2n) is 2.60. The van der Waals surface area contributed by atoms with Crippen LogP contribution in [0.1, 0.15) is 10.9 Å². The molecule has 5 heteroatoms. The van der Waals surface area contributed by atoms with Gasteiger partial charge < -0.3 is 9.84 Å². The Morgan fingerprint density at radius 3 is 2.50 bits per heavy atom. The second-order valence-corrected chi connectivity index (χ2v) is 3.98. The first kappa shape index (κ1) is 11.5. The van der Waals surface area contributed by atoms with Crippen molar-refractivity contribution in [1.82, 2.24) is 0 Å². The summed E-state index contributed by atoms with van der Waals surface area (Å²) in [6.07, 6.45) is -0.533. The third kappa shape index (κ3) is 2.97. The zero-order valence-corrected chi connectivity index (χ0v) is 9.49.